The Bertz CT molecular complexity index is 477. The SMILES string of the molecule is NC(=O)c1cc2cc(O)c(O)cc2[nH]1. The summed E-state index contributed by atoms with van der Waals surface area (Å²) in [6.07, 6.45) is 0. The van der Waals surface area contributed by atoms with Crippen LogP contribution in [0.3, 0.4) is 0 Å². The Hall–Kier alpha value is -2.17. The first-order valence-corrected chi connectivity index (χ1v) is 3.92. The van der Waals surface area contributed by atoms with E-state index < -0.39 is 5.91 Å². The average molecular weight is 192 g/mol. The normalized spacial score (nSPS) is 10.6. The predicted octanol–water partition coefficient (Wildman–Crippen LogP) is 0.678. The highest BCUT2D eigenvalue weighted by Gasteiger charge is 2.08. The van der Waals surface area contributed by atoms with Crippen LogP contribution in [-0.4, -0.2) is 21.1 Å². The number of carbonyl (C=O) groups is 1. The number of aromatic hydroxyl groups is 2. The number of phenolic OH excluding ortho intramolecular Hbond substituents is 2. The van der Waals surface area contributed by atoms with Crippen LogP contribution in [0.1, 0.15) is 10.5 Å². The van der Waals surface area contributed by atoms with Gasteiger partial charge in [0.25, 0.3) is 5.91 Å². The van der Waals surface area contributed by atoms with E-state index >= 15 is 0 Å². The van der Waals surface area contributed by atoms with Gasteiger partial charge in [0.15, 0.2) is 11.5 Å². The van der Waals surface area contributed by atoms with Crippen LogP contribution < -0.4 is 5.73 Å². The molecule has 1 amide bonds. The van der Waals surface area contributed by atoms with Gasteiger partial charge in [-0.25, -0.2) is 0 Å². The molecule has 72 valence electrons. The van der Waals surface area contributed by atoms with Crippen molar-refractivity contribution in [3.63, 3.8) is 0 Å². The zero-order chi connectivity index (χ0) is 10.3. The number of fused-ring (bicyclic) bond motifs is 1. The second kappa shape index (κ2) is 2.66. The van der Waals surface area contributed by atoms with Gasteiger partial charge in [-0.2, -0.15) is 0 Å². The number of aromatic nitrogens is 1. The number of rotatable bonds is 1. The molecule has 0 saturated heterocycles. The van der Waals surface area contributed by atoms with Gasteiger partial charge in [-0.3, -0.25) is 4.79 Å². The number of aromatic amines is 1. The van der Waals surface area contributed by atoms with Crippen molar-refractivity contribution in [2.75, 3.05) is 0 Å². The number of phenols is 2. The van der Waals surface area contributed by atoms with E-state index in [9.17, 15) is 15.0 Å². The van der Waals surface area contributed by atoms with E-state index in [2.05, 4.69) is 4.98 Å². The second-order valence-electron chi connectivity index (χ2n) is 2.98. The van der Waals surface area contributed by atoms with Crippen molar-refractivity contribution in [3.05, 3.63) is 23.9 Å². The number of amides is 1. The van der Waals surface area contributed by atoms with Gasteiger partial charge in [-0.1, -0.05) is 0 Å². The van der Waals surface area contributed by atoms with E-state index in [-0.39, 0.29) is 17.2 Å². The van der Waals surface area contributed by atoms with Crippen LogP contribution in [-0.2, 0) is 0 Å². The van der Waals surface area contributed by atoms with Crippen LogP contribution >= 0.6 is 0 Å². The lowest BCUT2D eigenvalue weighted by Gasteiger charge is -1.95. The lowest BCUT2D eigenvalue weighted by molar-refractivity contribution is 0.0996. The molecule has 0 radical (unpaired) electrons. The van der Waals surface area contributed by atoms with Gasteiger partial charge in [0.05, 0.1) is 0 Å². The summed E-state index contributed by atoms with van der Waals surface area (Å²) in [4.78, 5) is 13.5. The smallest absolute Gasteiger partial charge is 0.265 e. The minimum Gasteiger partial charge on any atom is -0.504 e. The molecule has 2 rings (SSSR count). The van der Waals surface area contributed by atoms with Crippen molar-refractivity contribution in [2.45, 2.75) is 0 Å². The van der Waals surface area contributed by atoms with E-state index in [0.29, 0.717) is 10.9 Å². The first-order valence-electron chi connectivity index (χ1n) is 3.92. The molecule has 5 nitrogen and oxygen atoms in total. The van der Waals surface area contributed by atoms with Crippen molar-refractivity contribution in [3.8, 4) is 11.5 Å². The molecule has 0 aliphatic rings. The molecule has 1 aromatic carbocycles. The predicted molar refractivity (Wildman–Crippen MR) is 50.1 cm³/mol. The molecule has 0 spiro atoms. The Morgan fingerprint density at radius 2 is 1.86 bits per heavy atom. The van der Waals surface area contributed by atoms with Crippen molar-refractivity contribution < 1.29 is 15.0 Å². The third-order valence-corrected chi connectivity index (χ3v) is 1.98. The van der Waals surface area contributed by atoms with Gasteiger partial charge in [0, 0.05) is 17.0 Å². The number of primary amides is 1. The molecule has 0 aliphatic heterocycles. The van der Waals surface area contributed by atoms with Gasteiger partial charge in [-0.15, -0.1) is 0 Å². The van der Waals surface area contributed by atoms with Gasteiger partial charge >= 0.3 is 0 Å². The molecule has 1 heterocycles. The molecule has 14 heavy (non-hydrogen) atoms. The van der Waals surface area contributed by atoms with Crippen LogP contribution in [0.25, 0.3) is 10.9 Å². The van der Waals surface area contributed by atoms with Crippen molar-refractivity contribution in [1.82, 2.24) is 4.98 Å². The van der Waals surface area contributed by atoms with Crippen LogP contribution in [0.4, 0.5) is 0 Å². The van der Waals surface area contributed by atoms with Crippen molar-refractivity contribution >= 4 is 16.8 Å². The van der Waals surface area contributed by atoms with Crippen molar-refractivity contribution in [1.29, 1.82) is 0 Å². The van der Waals surface area contributed by atoms with E-state index in [1.807, 2.05) is 0 Å². The summed E-state index contributed by atoms with van der Waals surface area (Å²) in [6.45, 7) is 0. The Kier molecular flexibility index (Phi) is 1.60. The van der Waals surface area contributed by atoms with Gasteiger partial charge < -0.3 is 20.9 Å². The molecule has 0 atom stereocenters. The first kappa shape index (κ1) is 8.43. The first-order chi connectivity index (χ1) is 6.58. The molecule has 0 fully saturated rings. The highest BCUT2D eigenvalue weighted by molar-refractivity contribution is 5.97. The minimum atomic E-state index is -0.583. The second-order valence-corrected chi connectivity index (χ2v) is 2.98. The molecule has 5 heteroatoms. The summed E-state index contributed by atoms with van der Waals surface area (Å²) >= 11 is 0. The summed E-state index contributed by atoms with van der Waals surface area (Å²) in [6, 6.07) is 4.20. The summed E-state index contributed by atoms with van der Waals surface area (Å²) < 4.78 is 0. The van der Waals surface area contributed by atoms with Crippen LogP contribution in [0.15, 0.2) is 18.2 Å². The average Bonchev–Trinajstić information content (AvgIpc) is 2.48. The molecule has 5 N–H and O–H groups in total. The zero-order valence-electron chi connectivity index (χ0n) is 7.11. The largest absolute Gasteiger partial charge is 0.504 e. The topological polar surface area (TPSA) is 99.3 Å². The number of nitrogens with two attached hydrogens (primary N) is 1. The number of carbonyl (C=O) groups excluding carboxylic acids is 1. The molecule has 0 bridgehead atoms. The molecular formula is C9H8N2O3. The maximum Gasteiger partial charge on any atom is 0.265 e. The summed E-state index contributed by atoms with van der Waals surface area (Å²) in [7, 11) is 0. The molecule has 2 aromatic rings. The molecule has 0 unspecified atom stereocenters. The van der Waals surface area contributed by atoms with Crippen LogP contribution in [0.5, 0.6) is 11.5 Å². The van der Waals surface area contributed by atoms with E-state index in [0.717, 1.165) is 0 Å². The Labute approximate surface area is 78.8 Å². The van der Waals surface area contributed by atoms with Gasteiger partial charge in [-0.05, 0) is 12.1 Å². The fourth-order valence-corrected chi connectivity index (χ4v) is 1.29. The lowest BCUT2D eigenvalue weighted by Crippen LogP contribution is -2.10. The minimum absolute atomic E-state index is 0.229. The fourth-order valence-electron chi connectivity index (χ4n) is 1.29. The standard InChI is InChI=1S/C9H8N2O3/c10-9(14)6-1-4-2-7(12)8(13)3-5(4)11-6/h1-3,11-13H,(H2,10,14). The van der Waals surface area contributed by atoms with Gasteiger partial charge in [0.2, 0.25) is 0 Å². The molecular weight excluding hydrogens is 184 g/mol. The van der Waals surface area contributed by atoms with E-state index in [4.69, 9.17) is 5.73 Å². The van der Waals surface area contributed by atoms with E-state index in [1.165, 1.54) is 18.2 Å². The third kappa shape index (κ3) is 1.15. The molecule has 0 aliphatic carbocycles. The lowest BCUT2D eigenvalue weighted by atomic mass is 10.2. The zero-order valence-corrected chi connectivity index (χ0v) is 7.11. The highest BCUT2D eigenvalue weighted by Crippen LogP contribution is 2.30. The number of H-pyrrole nitrogens is 1. The van der Waals surface area contributed by atoms with Crippen molar-refractivity contribution in [2.24, 2.45) is 5.73 Å². The Morgan fingerprint density at radius 1 is 1.21 bits per heavy atom. The molecule has 0 saturated carbocycles. The van der Waals surface area contributed by atoms with Crippen LogP contribution in [0.2, 0.25) is 0 Å². The maximum atomic E-state index is 10.8. The fraction of sp³-hybridized carbons (Fsp3) is 0. The number of benzene rings is 1. The van der Waals surface area contributed by atoms with E-state index in [1.54, 1.807) is 0 Å². The number of nitrogens with one attached hydrogen (secondary N) is 1. The Balaban J connectivity index is 2.72. The Morgan fingerprint density at radius 3 is 2.50 bits per heavy atom. The summed E-state index contributed by atoms with van der Waals surface area (Å²) in [5, 5.41) is 19.0. The number of hydrogen-bond acceptors (Lipinski definition) is 3. The quantitative estimate of drug-likeness (QED) is 0.500. The third-order valence-electron chi connectivity index (χ3n) is 1.98. The summed E-state index contributed by atoms with van der Waals surface area (Å²) in [5.74, 6) is -1.05. The highest BCUT2D eigenvalue weighted by atomic mass is 16.3. The maximum absolute atomic E-state index is 10.8. The van der Waals surface area contributed by atoms with Gasteiger partial charge in [0.1, 0.15) is 5.69 Å². The van der Waals surface area contributed by atoms with Crippen LogP contribution in [0, 0.1) is 0 Å². The molecule has 1 aromatic heterocycles. The monoisotopic (exact) mass is 192 g/mol. The number of hydrogen-bond donors (Lipinski definition) is 4. The summed E-state index contributed by atoms with van der Waals surface area (Å²) in [5.41, 5.74) is 5.85.